The highest BCUT2D eigenvalue weighted by molar-refractivity contribution is 5.48. The van der Waals surface area contributed by atoms with Gasteiger partial charge in [0, 0.05) is 24.7 Å². The van der Waals surface area contributed by atoms with E-state index in [0.29, 0.717) is 6.61 Å². The van der Waals surface area contributed by atoms with E-state index in [2.05, 4.69) is 86.8 Å². The smallest absolute Gasteiger partial charge is 0.121 e. The van der Waals surface area contributed by atoms with Gasteiger partial charge in [-0.25, -0.2) is 0 Å². The van der Waals surface area contributed by atoms with Crippen LogP contribution in [0.5, 0.6) is 5.75 Å². The van der Waals surface area contributed by atoms with Crippen LogP contribution in [0.3, 0.4) is 0 Å². The molecule has 0 spiro atoms. The third kappa shape index (κ3) is 5.89. The molecule has 2 heteroatoms. The summed E-state index contributed by atoms with van der Waals surface area (Å²) in [6.45, 7) is 8.20. The number of hydrogen-bond donors (Lipinski definition) is 1. The minimum absolute atomic E-state index is 0.192. The third-order valence-electron chi connectivity index (χ3n) is 4.65. The fourth-order valence-corrected chi connectivity index (χ4v) is 2.95. The highest BCUT2D eigenvalue weighted by Gasteiger charge is 2.12. The van der Waals surface area contributed by atoms with Gasteiger partial charge in [0.15, 0.2) is 0 Å². The standard InChI is InChI=1S/C25H29NO/c1-25(2,3)22-14-12-21(13-15-22)19-26-23-10-7-11-24(18-23)27-17-16-20-8-5-4-6-9-20/h4-15,18,26H,16-17,19H2,1-3H3. The highest BCUT2D eigenvalue weighted by Crippen LogP contribution is 2.23. The Morgan fingerprint density at radius 3 is 2.22 bits per heavy atom. The third-order valence-corrected chi connectivity index (χ3v) is 4.65. The van der Waals surface area contributed by atoms with E-state index in [1.807, 2.05) is 18.2 Å². The van der Waals surface area contributed by atoms with Gasteiger partial charge in [0.25, 0.3) is 0 Å². The molecule has 0 amide bonds. The molecule has 1 N–H and O–H groups in total. The molecule has 0 unspecified atom stereocenters. The van der Waals surface area contributed by atoms with E-state index < -0.39 is 0 Å². The van der Waals surface area contributed by atoms with Crippen LogP contribution in [0.1, 0.15) is 37.5 Å². The Bertz CT molecular complexity index is 832. The maximum atomic E-state index is 5.92. The van der Waals surface area contributed by atoms with Crippen LogP contribution in [0.15, 0.2) is 78.9 Å². The normalized spacial score (nSPS) is 11.2. The highest BCUT2D eigenvalue weighted by atomic mass is 16.5. The van der Waals surface area contributed by atoms with Gasteiger partial charge in [0.05, 0.1) is 6.61 Å². The molecule has 0 atom stereocenters. The summed E-state index contributed by atoms with van der Waals surface area (Å²) in [4.78, 5) is 0. The van der Waals surface area contributed by atoms with Crippen LogP contribution in [0, 0.1) is 0 Å². The second-order valence-corrected chi connectivity index (χ2v) is 7.91. The molecular weight excluding hydrogens is 330 g/mol. The van der Waals surface area contributed by atoms with E-state index in [4.69, 9.17) is 4.74 Å². The molecular formula is C25H29NO. The predicted octanol–water partition coefficient (Wildman–Crippen LogP) is 6.22. The number of anilines is 1. The van der Waals surface area contributed by atoms with Crippen LogP contribution in [-0.2, 0) is 18.4 Å². The predicted molar refractivity (Wildman–Crippen MR) is 115 cm³/mol. The van der Waals surface area contributed by atoms with E-state index in [1.54, 1.807) is 0 Å². The van der Waals surface area contributed by atoms with E-state index in [0.717, 1.165) is 24.4 Å². The second kappa shape index (κ2) is 8.77. The van der Waals surface area contributed by atoms with Crippen molar-refractivity contribution >= 4 is 5.69 Å². The molecule has 140 valence electrons. The van der Waals surface area contributed by atoms with Crippen LogP contribution in [0.2, 0.25) is 0 Å². The Labute approximate surface area is 163 Å². The quantitative estimate of drug-likeness (QED) is 0.541. The number of nitrogens with one attached hydrogen (secondary N) is 1. The first-order chi connectivity index (χ1) is 13.0. The van der Waals surface area contributed by atoms with Crippen LogP contribution in [0.25, 0.3) is 0 Å². The molecule has 0 aliphatic heterocycles. The Balaban J connectivity index is 1.51. The van der Waals surface area contributed by atoms with E-state index in [9.17, 15) is 0 Å². The number of hydrogen-bond acceptors (Lipinski definition) is 2. The molecule has 2 nitrogen and oxygen atoms in total. The van der Waals surface area contributed by atoms with Gasteiger partial charge in [-0.1, -0.05) is 81.4 Å². The van der Waals surface area contributed by atoms with E-state index in [1.165, 1.54) is 16.7 Å². The first kappa shape index (κ1) is 19.0. The summed E-state index contributed by atoms with van der Waals surface area (Å²) in [5.41, 5.74) is 5.20. The molecule has 3 rings (SSSR count). The van der Waals surface area contributed by atoms with Crippen LogP contribution < -0.4 is 10.1 Å². The van der Waals surface area contributed by atoms with E-state index >= 15 is 0 Å². The monoisotopic (exact) mass is 359 g/mol. The molecule has 3 aromatic carbocycles. The van der Waals surface area contributed by atoms with Gasteiger partial charge in [-0.2, -0.15) is 0 Å². The fourth-order valence-electron chi connectivity index (χ4n) is 2.95. The van der Waals surface area contributed by atoms with Crippen molar-refractivity contribution in [2.24, 2.45) is 0 Å². The zero-order valence-corrected chi connectivity index (χ0v) is 16.5. The van der Waals surface area contributed by atoms with Crippen molar-refractivity contribution in [1.29, 1.82) is 0 Å². The van der Waals surface area contributed by atoms with Gasteiger partial charge in [0.2, 0.25) is 0 Å². The maximum absolute atomic E-state index is 5.92. The summed E-state index contributed by atoms with van der Waals surface area (Å²) in [5.74, 6) is 0.902. The van der Waals surface area contributed by atoms with Crippen molar-refractivity contribution in [3.63, 3.8) is 0 Å². The molecule has 0 aromatic heterocycles. The van der Waals surface area contributed by atoms with Crippen molar-refractivity contribution in [3.8, 4) is 5.75 Å². The average molecular weight is 360 g/mol. The molecule has 0 heterocycles. The second-order valence-electron chi connectivity index (χ2n) is 7.91. The van der Waals surface area contributed by atoms with Gasteiger partial charge in [-0.3, -0.25) is 0 Å². The molecule has 27 heavy (non-hydrogen) atoms. The molecule has 0 bridgehead atoms. The maximum Gasteiger partial charge on any atom is 0.121 e. The molecule has 0 aliphatic rings. The van der Waals surface area contributed by atoms with Crippen LogP contribution in [0.4, 0.5) is 5.69 Å². The molecule has 3 aromatic rings. The summed E-state index contributed by atoms with van der Waals surface area (Å²) in [5, 5.41) is 3.49. The van der Waals surface area contributed by atoms with Crippen molar-refractivity contribution in [2.45, 2.75) is 39.2 Å². The zero-order chi connectivity index (χ0) is 19.1. The van der Waals surface area contributed by atoms with Crippen LogP contribution >= 0.6 is 0 Å². The SMILES string of the molecule is CC(C)(C)c1ccc(CNc2cccc(OCCc3ccccc3)c2)cc1. The first-order valence-electron chi connectivity index (χ1n) is 9.61. The fraction of sp³-hybridized carbons (Fsp3) is 0.280. The minimum atomic E-state index is 0.192. The van der Waals surface area contributed by atoms with Crippen molar-refractivity contribution in [2.75, 3.05) is 11.9 Å². The number of rotatable bonds is 7. The summed E-state index contributed by atoms with van der Waals surface area (Å²) < 4.78 is 5.92. The summed E-state index contributed by atoms with van der Waals surface area (Å²) in [6.07, 6.45) is 0.915. The Kier molecular flexibility index (Phi) is 6.18. The van der Waals surface area contributed by atoms with Gasteiger partial charge >= 0.3 is 0 Å². The zero-order valence-electron chi connectivity index (χ0n) is 16.5. The lowest BCUT2D eigenvalue weighted by Gasteiger charge is -2.19. The average Bonchev–Trinajstić information content (AvgIpc) is 2.67. The van der Waals surface area contributed by atoms with Gasteiger partial charge < -0.3 is 10.1 Å². The van der Waals surface area contributed by atoms with Crippen LogP contribution in [-0.4, -0.2) is 6.61 Å². The largest absolute Gasteiger partial charge is 0.493 e. The summed E-state index contributed by atoms with van der Waals surface area (Å²) >= 11 is 0. The minimum Gasteiger partial charge on any atom is -0.493 e. The Morgan fingerprint density at radius 1 is 0.778 bits per heavy atom. The molecule has 0 fully saturated rings. The topological polar surface area (TPSA) is 21.3 Å². The Morgan fingerprint density at radius 2 is 1.52 bits per heavy atom. The molecule has 0 radical (unpaired) electrons. The van der Waals surface area contributed by atoms with Crippen molar-refractivity contribution < 1.29 is 4.74 Å². The van der Waals surface area contributed by atoms with Crippen molar-refractivity contribution in [1.82, 2.24) is 0 Å². The lowest BCUT2D eigenvalue weighted by Crippen LogP contribution is -2.11. The summed E-state index contributed by atoms with van der Waals surface area (Å²) in [7, 11) is 0. The molecule has 0 aliphatic carbocycles. The lowest BCUT2D eigenvalue weighted by atomic mass is 9.87. The molecule has 0 saturated heterocycles. The van der Waals surface area contributed by atoms with Gasteiger partial charge in [-0.15, -0.1) is 0 Å². The van der Waals surface area contributed by atoms with Gasteiger partial charge in [-0.05, 0) is 34.2 Å². The number of ether oxygens (including phenoxy) is 1. The van der Waals surface area contributed by atoms with Gasteiger partial charge in [0.1, 0.15) is 5.75 Å². The first-order valence-corrected chi connectivity index (χ1v) is 9.61. The number of benzene rings is 3. The van der Waals surface area contributed by atoms with Crippen molar-refractivity contribution in [3.05, 3.63) is 95.6 Å². The van der Waals surface area contributed by atoms with E-state index in [-0.39, 0.29) is 5.41 Å². The molecule has 0 saturated carbocycles. The Hall–Kier alpha value is -2.74. The lowest BCUT2D eigenvalue weighted by molar-refractivity contribution is 0.322. The summed E-state index contributed by atoms with van der Waals surface area (Å²) in [6, 6.07) is 27.5.